The van der Waals surface area contributed by atoms with Gasteiger partial charge in [-0.25, -0.2) is 0 Å². The van der Waals surface area contributed by atoms with Crippen molar-refractivity contribution in [2.24, 2.45) is 5.73 Å². The molecule has 4 rings (SSSR count). The highest BCUT2D eigenvalue weighted by Crippen LogP contribution is 2.30. The third-order valence-electron chi connectivity index (χ3n) is 6.73. The summed E-state index contributed by atoms with van der Waals surface area (Å²) >= 11 is 0. The van der Waals surface area contributed by atoms with Crippen LogP contribution in [-0.2, 0) is 25.3 Å². The van der Waals surface area contributed by atoms with Crippen LogP contribution >= 0.6 is 0 Å². The number of anilines is 1. The summed E-state index contributed by atoms with van der Waals surface area (Å²) in [6, 6.07) is 9.86. The Hall–Kier alpha value is -4.42. The average Bonchev–Trinajstić information content (AvgIpc) is 2.98. The zero-order valence-electron chi connectivity index (χ0n) is 22.7. The highest BCUT2D eigenvalue weighted by molar-refractivity contribution is 5.96. The predicted octanol–water partition coefficient (Wildman–Crippen LogP) is 3.48. The quantitative estimate of drug-likeness (QED) is 0.335. The molecule has 1 aliphatic heterocycles. The van der Waals surface area contributed by atoms with E-state index < -0.39 is 23.7 Å². The minimum absolute atomic E-state index is 0.139. The number of allylic oxidation sites excluding steroid dienone is 3. The van der Waals surface area contributed by atoms with Crippen LogP contribution in [0.3, 0.4) is 0 Å². The van der Waals surface area contributed by atoms with Gasteiger partial charge in [0.05, 0.1) is 31.0 Å². The van der Waals surface area contributed by atoms with E-state index in [0.717, 1.165) is 18.6 Å². The molecular weight excluding hydrogens is 551 g/mol. The second kappa shape index (κ2) is 14.0. The number of nitrogens with zero attached hydrogens (tertiary/aromatic N) is 1. The molecule has 1 unspecified atom stereocenters. The highest BCUT2D eigenvalue weighted by Gasteiger charge is 2.30. The summed E-state index contributed by atoms with van der Waals surface area (Å²) in [7, 11) is 0. The number of morpholine rings is 1. The van der Waals surface area contributed by atoms with Crippen LogP contribution in [0.25, 0.3) is 6.08 Å². The van der Waals surface area contributed by atoms with Crippen LogP contribution in [0, 0.1) is 0 Å². The van der Waals surface area contributed by atoms with E-state index in [1.165, 1.54) is 18.2 Å². The van der Waals surface area contributed by atoms with Gasteiger partial charge in [0.2, 0.25) is 17.7 Å². The molecule has 3 amide bonds. The van der Waals surface area contributed by atoms with E-state index in [1.807, 2.05) is 6.08 Å². The van der Waals surface area contributed by atoms with Gasteiger partial charge >= 0.3 is 6.18 Å². The fourth-order valence-electron chi connectivity index (χ4n) is 4.38. The van der Waals surface area contributed by atoms with E-state index >= 15 is 0 Å². The number of amides is 3. The molecule has 1 heterocycles. The average molecular weight is 584 g/mol. The first-order chi connectivity index (χ1) is 20.1. The van der Waals surface area contributed by atoms with E-state index in [0.29, 0.717) is 55.2 Å². The van der Waals surface area contributed by atoms with Crippen LogP contribution in [0.5, 0.6) is 0 Å². The van der Waals surface area contributed by atoms with Crippen LogP contribution in [0.2, 0.25) is 0 Å². The number of nitrogens with one attached hydrogen (secondary N) is 3. The van der Waals surface area contributed by atoms with Gasteiger partial charge in [0.25, 0.3) is 0 Å². The van der Waals surface area contributed by atoms with Crippen molar-refractivity contribution < 1.29 is 32.3 Å². The third kappa shape index (κ3) is 8.54. The van der Waals surface area contributed by atoms with Crippen LogP contribution in [0.1, 0.15) is 35.6 Å². The lowest BCUT2D eigenvalue weighted by molar-refractivity contribution is -0.137. The fraction of sp³-hybridized carbons (Fsp3) is 0.300. The van der Waals surface area contributed by atoms with E-state index in [1.54, 1.807) is 41.3 Å². The predicted molar refractivity (Wildman–Crippen MR) is 151 cm³/mol. The number of hydrogen-bond donors (Lipinski definition) is 4. The number of carbonyl (C=O) groups is 3. The van der Waals surface area contributed by atoms with Crippen molar-refractivity contribution in [3.63, 3.8) is 0 Å². The molecule has 1 saturated heterocycles. The maximum atomic E-state index is 13.3. The molecule has 0 saturated carbocycles. The van der Waals surface area contributed by atoms with Gasteiger partial charge < -0.3 is 26.0 Å². The molecule has 42 heavy (non-hydrogen) atoms. The topological polar surface area (TPSA) is 126 Å². The molecule has 12 heteroatoms. The number of halogens is 3. The first-order valence-corrected chi connectivity index (χ1v) is 13.4. The van der Waals surface area contributed by atoms with Crippen molar-refractivity contribution in [2.75, 3.05) is 38.2 Å². The minimum Gasteiger partial charge on any atom is -0.400 e. The van der Waals surface area contributed by atoms with Gasteiger partial charge in [-0.1, -0.05) is 30.3 Å². The van der Waals surface area contributed by atoms with Crippen molar-refractivity contribution >= 4 is 29.5 Å². The molecule has 1 aliphatic carbocycles. The Labute approximate surface area is 241 Å². The molecule has 222 valence electrons. The normalized spacial score (nSPS) is 16.4. The molecule has 2 aromatic rings. The molecule has 2 aliphatic rings. The highest BCUT2D eigenvalue weighted by atomic mass is 19.4. The van der Waals surface area contributed by atoms with E-state index in [4.69, 9.17) is 10.5 Å². The van der Waals surface area contributed by atoms with Crippen molar-refractivity contribution in [3.05, 3.63) is 94.8 Å². The Balaban J connectivity index is 1.45. The molecule has 0 radical (unpaired) electrons. The first kappa shape index (κ1) is 30.5. The van der Waals surface area contributed by atoms with Crippen LogP contribution in [0.4, 0.5) is 18.9 Å². The first-order valence-electron chi connectivity index (χ1n) is 13.4. The van der Waals surface area contributed by atoms with Crippen molar-refractivity contribution in [2.45, 2.75) is 25.1 Å². The number of hydrogen-bond acceptors (Lipinski definition) is 6. The molecule has 0 aromatic heterocycles. The van der Waals surface area contributed by atoms with Crippen LogP contribution in [0.15, 0.2) is 78.2 Å². The fourth-order valence-corrected chi connectivity index (χ4v) is 4.38. The summed E-state index contributed by atoms with van der Waals surface area (Å²) in [5.74, 6) is -1.11. The molecule has 1 fully saturated rings. The second-order valence-electron chi connectivity index (χ2n) is 9.74. The van der Waals surface area contributed by atoms with Gasteiger partial charge in [-0.3, -0.25) is 19.7 Å². The molecule has 1 atom stereocenters. The minimum atomic E-state index is -4.50. The Kier molecular flexibility index (Phi) is 10.2. The molecular formula is C30H32F3N5O4. The molecule has 0 spiro atoms. The molecule has 0 bridgehead atoms. The zero-order valence-corrected chi connectivity index (χ0v) is 22.7. The number of ether oxygens (including phenoxy) is 1. The summed E-state index contributed by atoms with van der Waals surface area (Å²) < 4.78 is 44.1. The van der Waals surface area contributed by atoms with E-state index in [-0.39, 0.29) is 24.0 Å². The molecule has 9 nitrogen and oxygen atoms in total. The lowest BCUT2D eigenvalue weighted by Gasteiger charge is -2.28. The summed E-state index contributed by atoms with van der Waals surface area (Å²) in [5, 5.41) is 8.34. The zero-order chi connectivity index (χ0) is 30.1. The van der Waals surface area contributed by atoms with Gasteiger partial charge in [-0.15, -0.1) is 0 Å². The Bertz CT molecular complexity index is 1360. The third-order valence-corrected chi connectivity index (χ3v) is 6.73. The number of alkyl halides is 3. The maximum absolute atomic E-state index is 13.3. The standard InChI is InChI=1S/C30H32F3N5O4/c31-30(32,33)22-10-12-23(13-11-22)36-29(41)28(35-19-27(40)38-15-17-42-18-16-38)21-8-5-20(6-9-21)7-14-26(39)37-25-4-2-1-3-24(25)34/h2,4-14,28,35H,1,3,15-19,34H2,(H,36,41)(H,37,39)/b14-7+. The van der Waals surface area contributed by atoms with Gasteiger partial charge in [-0.05, 0) is 60.4 Å². The van der Waals surface area contributed by atoms with Gasteiger partial charge in [0, 0.05) is 30.5 Å². The van der Waals surface area contributed by atoms with Crippen molar-refractivity contribution in [1.29, 1.82) is 0 Å². The number of benzene rings is 2. The molecule has 5 N–H and O–H groups in total. The van der Waals surface area contributed by atoms with Gasteiger partial charge in [0.15, 0.2) is 0 Å². The number of rotatable bonds is 9. The lowest BCUT2D eigenvalue weighted by Crippen LogP contribution is -2.46. The van der Waals surface area contributed by atoms with Crippen LogP contribution in [-0.4, -0.2) is 55.5 Å². The number of nitrogens with two attached hydrogens (primary N) is 1. The Morgan fingerprint density at radius 1 is 1.00 bits per heavy atom. The lowest BCUT2D eigenvalue weighted by atomic mass is 10.0. The summed E-state index contributed by atoms with van der Waals surface area (Å²) in [4.78, 5) is 40.0. The Morgan fingerprint density at radius 2 is 1.69 bits per heavy atom. The SMILES string of the molecule is NC1=C(NC(=O)/C=C/c2ccc(C(NCC(=O)N3CCOCC3)C(=O)Nc3ccc(C(F)(F)F)cc3)cc2)C=CCC1. The van der Waals surface area contributed by atoms with Gasteiger partial charge in [-0.2, -0.15) is 13.2 Å². The molecule has 2 aromatic carbocycles. The van der Waals surface area contributed by atoms with Crippen LogP contribution < -0.4 is 21.7 Å². The summed E-state index contributed by atoms with van der Waals surface area (Å²) in [6.07, 6.45) is 3.68. The largest absolute Gasteiger partial charge is 0.416 e. The number of carbonyl (C=O) groups excluding carboxylic acids is 3. The second-order valence-corrected chi connectivity index (χ2v) is 9.74. The summed E-state index contributed by atoms with van der Waals surface area (Å²) in [5.41, 5.74) is 7.66. The smallest absolute Gasteiger partial charge is 0.400 e. The maximum Gasteiger partial charge on any atom is 0.416 e. The Morgan fingerprint density at radius 3 is 2.33 bits per heavy atom. The summed E-state index contributed by atoms with van der Waals surface area (Å²) in [6.45, 7) is 1.60. The van der Waals surface area contributed by atoms with Crippen molar-refractivity contribution in [1.82, 2.24) is 15.5 Å². The van der Waals surface area contributed by atoms with E-state index in [9.17, 15) is 27.6 Å². The van der Waals surface area contributed by atoms with Crippen molar-refractivity contribution in [3.8, 4) is 0 Å². The van der Waals surface area contributed by atoms with E-state index in [2.05, 4.69) is 16.0 Å². The monoisotopic (exact) mass is 583 g/mol. The van der Waals surface area contributed by atoms with Gasteiger partial charge in [0.1, 0.15) is 6.04 Å².